The molecule has 10 heteroatoms. The van der Waals surface area contributed by atoms with Crippen LogP contribution in [0.15, 0.2) is 48.9 Å². The third kappa shape index (κ3) is 5.50. The number of aliphatic hydroxyl groups excluding tert-OH is 1. The maximum Gasteiger partial charge on any atom is 0.252 e. The molecule has 5 rings (SSSR count). The molecule has 1 aliphatic carbocycles. The lowest BCUT2D eigenvalue weighted by atomic mass is 9.85. The van der Waals surface area contributed by atoms with E-state index in [4.69, 9.17) is 4.74 Å². The van der Waals surface area contributed by atoms with E-state index in [0.717, 1.165) is 31.7 Å². The van der Waals surface area contributed by atoms with E-state index in [1.54, 1.807) is 36.3 Å². The zero-order valence-electron chi connectivity index (χ0n) is 21.2. The van der Waals surface area contributed by atoms with Gasteiger partial charge in [-0.05, 0) is 61.4 Å². The van der Waals surface area contributed by atoms with E-state index >= 15 is 0 Å². The van der Waals surface area contributed by atoms with Gasteiger partial charge in [-0.3, -0.25) is 9.48 Å². The maximum atomic E-state index is 15.0. The number of ether oxygens (including phenoxy) is 1. The number of hydrogen-bond acceptors (Lipinski definition) is 6. The number of carbonyl (C=O) groups excluding carboxylic acids is 1. The standard InChI is InChI=1S/C28H29F2N5O3/c1-35-15-19(13-32-35)27(17-5-8-25(38-2)23(30)10-17)34-28(37)18-11-22(29)21-14-31-26(33-24(21)12-18)9-16-3-6-20(36)7-4-16/h5,8,10-16,20,27,36H,3-4,6-7,9H2,1-2H3,(H,34,37)/t16?,20?,27-/m0/s1. The van der Waals surface area contributed by atoms with Crippen LogP contribution in [0.3, 0.4) is 0 Å². The fourth-order valence-electron chi connectivity index (χ4n) is 4.99. The van der Waals surface area contributed by atoms with Gasteiger partial charge in [-0.1, -0.05) is 6.07 Å². The maximum absolute atomic E-state index is 15.0. The zero-order chi connectivity index (χ0) is 26.8. The van der Waals surface area contributed by atoms with E-state index < -0.39 is 23.6 Å². The van der Waals surface area contributed by atoms with E-state index in [1.165, 1.54) is 25.4 Å². The van der Waals surface area contributed by atoms with Crippen molar-refractivity contribution in [1.29, 1.82) is 0 Å². The van der Waals surface area contributed by atoms with Gasteiger partial charge in [-0.2, -0.15) is 5.10 Å². The molecule has 2 aromatic heterocycles. The zero-order valence-corrected chi connectivity index (χ0v) is 21.2. The molecule has 1 fully saturated rings. The molecule has 2 heterocycles. The number of fused-ring (bicyclic) bond motifs is 1. The molecule has 0 radical (unpaired) electrons. The van der Waals surface area contributed by atoms with Gasteiger partial charge in [0.05, 0.1) is 36.4 Å². The number of benzene rings is 2. The number of hydrogen-bond donors (Lipinski definition) is 2. The van der Waals surface area contributed by atoms with Gasteiger partial charge in [0.25, 0.3) is 5.91 Å². The van der Waals surface area contributed by atoms with Gasteiger partial charge in [0.1, 0.15) is 11.6 Å². The Morgan fingerprint density at radius 1 is 1.13 bits per heavy atom. The largest absolute Gasteiger partial charge is 0.494 e. The molecule has 0 bridgehead atoms. The smallest absolute Gasteiger partial charge is 0.252 e. The SMILES string of the molecule is COc1ccc([C@H](NC(=O)c2cc(F)c3cnc(CC4CCC(O)CC4)nc3c2)c2cnn(C)c2)cc1F. The molecular formula is C28H29F2N5O3. The highest BCUT2D eigenvalue weighted by atomic mass is 19.1. The monoisotopic (exact) mass is 521 g/mol. The van der Waals surface area contributed by atoms with Crippen LogP contribution in [0.5, 0.6) is 5.75 Å². The molecular weight excluding hydrogens is 492 g/mol. The average Bonchev–Trinajstić information content (AvgIpc) is 3.34. The molecule has 1 amide bonds. The summed E-state index contributed by atoms with van der Waals surface area (Å²) in [5, 5.41) is 17.0. The van der Waals surface area contributed by atoms with Crippen molar-refractivity contribution >= 4 is 16.8 Å². The molecule has 1 atom stereocenters. The minimum atomic E-state index is -0.738. The molecule has 0 aliphatic heterocycles. The molecule has 0 unspecified atom stereocenters. The van der Waals surface area contributed by atoms with Crippen LogP contribution in [0.25, 0.3) is 10.9 Å². The summed E-state index contributed by atoms with van der Waals surface area (Å²) in [4.78, 5) is 22.2. The van der Waals surface area contributed by atoms with E-state index in [-0.39, 0.29) is 22.8 Å². The Balaban J connectivity index is 1.43. The Morgan fingerprint density at radius 3 is 2.61 bits per heavy atom. The van der Waals surface area contributed by atoms with Gasteiger partial charge in [0.15, 0.2) is 11.6 Å². The summed E-state index contributed by atoms with van der Waals surface area (Å²) >= 11 is 0. The highest BCUT2D eigenvalue weighted by Crippen LogP contribution is 2.29. The number of amides is 1. The fraction of sp³-hybridized carbons (Fsp3) is 0.357. The predicted octanol–water partition coefficient (Wildman–Crippen LogP) is 4.26. The van der Waals surface area contributed by atoms with Crippen molar-refractivity contribution in [3.63, 3.8) is 0 Å². The van der Waals surface area contributed by atoms with Crippen LogP contribution in [0, 0.1) is 17.6 Å². The Kier molecular flexibility index (Phi) is 7.33. The number of aromatic nitrogens is 4. The number of nitrogens with one attached hydrogen (secondary N) is 1. The number of aliphatic hydroxyl groups is 1. The first kappa shape index (κ1) is 25.7. The van der Waals surface area contributed by atoms with Crippen LogP contribution < -0.4 is 10.1 Å². The van der Waals surface area contributed by atoms with E-state index in [2.05, 4.69) is 20.4 Å². The fourth-order valence-corrected chi connectivity index (χ4v) is 4.99. The summed E-state index contributed by atoms with van der Waals surface area (Å²) in [5.74, 6) is -0.691. The quantitative estimate of drug-likeness (QED) is 0.377. The van der Waals surface area contributed by atoms with Gasteiger partial charge in [0, 0.05) is 37.0 Å². The van der Waals surface area contributed by atoms with Gasteiger partial charge in [-0.25, -0.2) is 18.7 Å². The lowest BCUT2D eigenvalue weighted by molar-refractivity contribution is 0.0942. The molecule has 2 N–H and O–H groups in total. The summed E-state index contributed by atoms with van der Waals surface area (Å²) in [5.41, 5.74) is 1.54. The van der Waals surface area contributed by atoms with Crippen molar-refractivity contribution < 1.29 is 23.4 Å². The number of carbonyl (C=O) groups is 1. The van der Waals surface area contributed by atoms with Crippen molar-refractivity contribution in [1.82, 2.24) is 25.1 Å². The molecule has 2 aromatic carbocycles. The first-order chi connectivity index (χ1) is 18.3. The summed E-state index contributed by atoms with van der Waals surface area (Å²) in [6.07, 6.45) is 8.43. The van der Waals surface area contributed by atoms with Crippen LogP contribution >= 0.6 is 0 Å². The van der Waals surface area contributed by atoms with Crippen LogP contribution in [-0.4, -0.2) is 44.0 Å². The van der Waals surface area contributed by atoms with Crippen molar-refractivity contribution in [3.8, 4) is 5.75 Å². The number of aryl methyl sites for hydroxylation is 1. The van der Waals surface area contributed by atoms with Crippen molar-refractivity contribution in [2.24, 2.45) is 13.0 Å². The normalized spacial score (nSPS) is 18.3. The molecule has 1 aliphatic rings. The lowest BCUT2D eigenvalue weighted by Gasteiger charge is -2.24. The Labute approximate surface area is 218 Å². The first-order valence-corrected chi connectivity index (χ1v) is 12.6. The third-order valence-corrected chi connectivity index (χ3v) is 7.09. The van der Waals surface area contributed by atoms with E-state index in [0.29, 0.717) is 34.8 Å². The molecule has 8 nitrogen and oxygen atoms in total. The highest BCUT2D eigenvalue weighted by molar-refractivity contribution is 5.98. The molecule has 1 saturated carbocycles. The molecule has 0 spiro atoms. The van der Waals surface area contributed by atoms with E-state index in [9.17, 15) is 18.7 Å². The Morgan fingerprint density at radius 2 is 1.92 bits per heavy atom. The second kappa shape index (κ2) is 10.8. The third-order valence-electron chi connectivity index (χ3n) is 7.09. The number of nitrogens with zero attached hydrogens (tertiary/aromatic N) is 4. The van der Waals surface area contributed by atoms with Crippen LogP contribution in [0.2, 0.25) is 0 Å². The van der Waals surface area contributed by atoms with Gasteiger partial charge in [0.2, 0.25) is 0 Å². The van der Waals surface area contributed by atoms with Gasteiger partial charge >= 0.3 is 0 Å². The highest BCUT2D eigenvalue weighted by Gasteiger charge is 2.23. The summed E-state index contributed by atoms with van der Waals surface area (Å²) in [6, 6.07) is 6.39. The lowest BCUT2D eigenvalue weighted by Crippen LogP contribution is -2.29. The van der Waals surface area contributed by atoms with Gasteiger partial charge in [-0.15, -0.1) is 0 Å². The van der Waals surface area contributed by atoms with Crippen molar-refractivity contribution in [3.05, 3.63) is 83.1 Å². The number of halogens is 2. The van der Waals surface area contributed by atoms with E-state index in [1.807, 2.05) is 0 Å². The molecule has 0 saturated heterocycles. The Bertz CT molecular complexity index is 1470. The number of rotatable bonds is 7. The molecule has 38 heavy (non-hydrogen) atoms. The second-order valence-electron chi connectivity index (χ2n) is 9.80. The van der Waals surface area contributed by atoms with Crippen LogP contribution in [0.4, 0.5) is 8.78 Å². The minimum absolute atomic E-state index is 0.0847. The predicted molar refractivity (Wildman–Crippen MR) is 137 cm³/mol. The van der Waals surface area contributed by atoms with Crippen molar-refractivity contribution in [2.45, 2.75) is 44.2 Å². The van der Waals surface area contributed by atoms with Crippen LogP contribution in [0.1, 0.15) is 59.0 Å². The van der Waals surface area contributed by atoms with Gasteiger partial charge < -0.3 is 15.2 Å². The molecule has 4 aromatic rings. The summed E-state index contributed by atoms with van der Waals surface area (Å²) in [7, 11) is 3.11. The van der Waals surface area contributed by atoms with Crippen molar-refractivity contribution in [2.75, 3.05) is 7.11 Å². The average molecular weight is 522 g/mol. The summed E-state index contributed by atoms with van der Waals surface area (Å²) in [6.45, 7) is 0. The van der Waals surface area contributed by atoms with Crippen LogP contribution in [-0.2, 0) is 13.5 Å². The Hall–Kier alpha value is -3.92. The number of methoxy groups -OCH3 is 1. The summed E-state index contributed by atoms with van der Waals surface area (Å²) < 4.78 is 36.1. The minimum Gasteiger partial charge on any atom is -0.494 e. The topological polar surface area (TPSA) is 102 Å². The second-order valence-corrected chi connectivity index (χ2v) is 9.80. The molecule has 198 valence electrons. The first-order valence-electron chi connectivity index (χ1n) is 12.6.